The van der Waals surface area contributed by atoms with Gasteiger partial charge in [0.25, 0.3) is 0 Å². The summed E-state index contributed by atoms with van der Waals surface area (Å²) in [5.41, 5.74) is 0. The molecule has 0 aliphatic heterocycles. The second-order valence-electron chi connectivity index (χ2n) is 4.67. The Hall–Kier alpha value is -1.48. The third-order valence-corrected chi connectivity index (χ3v) is 2.88. The number of carboxylic acids is 1. The Kier molecular flexibility index (Phi) is 12.3. The fourth-order valence-corrected chi connectivity index (χ4v) is 1.85. The molecule has 128 valence electrons. The summed E-state index contributed by atoms with van der Waals surface area (Å²) in [5.74, 6) is -1.71. The van der Waals surface area contributed by atoms with Crippen molar-refractivity contribution in [3.8, 4) is 0 Å². The Morgan fingerprint density at radius 1 is 1.23 bits per heavy atom. The Labute approximate surface area is 130 Å². The standard InChI is InChI=1S/C14H26N2O6/c1-2-10-22-14(21)12(11-13(19)20)15-4-3-5-16(6-8-17)7-9-18/h2,12,15,17-18H,1,3-11H2,(H,19,20)/t12-/m0/s1. The van der Waals surface area contributed by atoms with E-state index >= 15 is 0 Å². The molecule has 0 aromatic heterocycles. The number of carbonyl (C=O) groups is 2. The molecule has 0 spiro atoms. The van der Waals surface area contributed by atoms with Crippen molar-refractivity contribution in [1.29, 1.82) is 0 Å². The number of nitrogens with one attached hydrogen (secondary N) is 1. The normalized spacial score (nSPS) is 12.1. The van der Waals surface area contributed by atoms with Gasteiger partial charge in [0, 0.05) is 13.1 Å². The molecule has 0 bridgehead atoms. The van der Waals surface area contributed by atoms with E-state index in [2.05, 4.69) is 11.9 Å². The SMILES string of the molecule is C=CCOC(=O)[C@H](CC(=O)O)NCCCN(CCO)CCO. The van der Waals surface area contributed by atoms with Gasteiger partial charge >= 0.3 is 11.9 Å². The fourth-order valence-electron chi connectivity index (χ4n) is 1.85. The molecule has 0 fully saturated rings. The Morgan fingerprint density at radius 3 is 2.36 bits per heavy atom. The highest BCUT2D eigenvalue weighted by atomic mass is 16.5. The molecule has 4 N–H and O–H groups in total. The van der Waals surface area contributed by atoms with Crippen LogP contribution in [0.15, 0.2) is 12.7 Å². The maximum atomic E-state index is 11.7. The molecule has 8 heteroatoms. The average Bonchev–Trinajstić information content (AvgIpc) is 2.47. The molecule has 0 aliphatic carbocycles. The van der Waals surface area contributed by atoms with Gasteiger partial charge in [-0.1, -0.05) is 12.7 Å². The quantitative estimate of drug-likeness (QED) is 0.180. The second kappa shape index (κ2) is 13.2. The number of aliphatic carboxylic acids is 1. The van der Waals surface area contributed by atoms with Crippen LogP contribution in [0.2, 0.25) is 0 Å². The molecule has 1 atom stereocenters. The lowest BCUT2D eigenvalue weighted by molar-refractivity contribution is -0.149. The lowest BCUT2D eigenvalue weighted by Gasteiger charge is -2.21. The van der Waals surface area contributed by atoms with Crippen LogP contribution in [0, 0.1) is 0 Å². The summed E-state index contributed by atoms with van der Waals surface area (Å²) in [5, 5.41) is 29.4. The first-order chi connectivity index (χ1) is 10.5. The van der Waals surface area contributed by atoms with Crippen LogP contribution in [0.3, 0.4) is 0 Å². The molecule has 0 aromatic carbocycles. The zero-order valence-electron chi connectivity index (χ0n) is 12.7. The number of aliphatic hydroxyl groups excluding tert-OH is 2. The summed E-state index contributed by atoms with van der Waals surface area (Å²) in [7, 11) is 0. The van der Waals surface area contributed by atoms with Gasteiger partial charge in [-0.2, -0.15) is 0 Å². The maximum Gasteiger partial charge on any atom is 0.324 e. The molecule has 8 nitrogen and oxygen atoms in total. The minimum absolute atomic E-state index is 0.00292. The maximum absolute atomic E-state index is 11.7. The van der Waals surface area contributed by atoms with Crippen LogP contribution in [0.1, 0.15) is 12.8 Å². The van der Waals surface area contributed by atoms with Gasteiger partial charge in [-0.3, -0.25) is 14.5 Å². The van der Waals surface area contributed by atoms with Crippen LogP contribution in [-0.2, 0) is 14.3 Å². The molecule has 22 heavy (non-hydrogen) atoms. The molecule has 0 unspecified atom stereocenters. The Balaban J connectivity index is 4.17. The van der Waals surface area contributed by atoms with E-state index in [0.29, 0.717) is 32.6 Å². The van der Waals surface area contributed by atoms with Crippen molar-refractivity contribution >= 4 is 11.9 Å². The van der Waals surface area contributed by atoms with E-state index in [1.165, 1.54) is 6.08 Å². The molecular formula is C14H26N2O6. The van der Waals surface area contributed by atoms with Crippen LogP contribution < -0.4 is 5.32 Å². The number of esters is 1. The molecule has 0 aromatic rings. The summed E-state index contributed by atoms with van der Waals surface area (Å²) in [6.07, 6.45) is 1.70. The molecule has 0 aliphatic rings. The highest BCUT2D eigenvalue weighted by Crippen LogP contribution is 1.98. The van der Waals surface area contributed by atoms with Crippen molar-refractivity contribution in [1.82, 2.24) is 10.2 Å². The van der Waals surface area contributed by atoms with Gasteiger partial charge in [-0.25, -0.2) is 0 Å². The first-order valence-electron chi connectivity index (χ1n) is 7.21. The number of aliphatic hydroxyl groups is 2. The van der Waals surface area contributed by atoms with Gasteiger partial charge in [0.2, 0.25) is 0 Å². The highest BCUT2D eigenvalue weighted by molar-refractivity contribution is 5.82. The smallest absolute Gasteiger partial charge is 0.324 e. The zero-order valence-corrected chi connectivity index (χ0v) is 12.7. The van der Waals surface area contributed by atoms with Crippen molar-refractivity contribution in [3.05, 3.63) is 12.7 Å². The molecule has 0 rings (SSSR count). The monoisotopic (exact) mass is 318 g/mol. The van der Waals surface area contributed by atoms with Gasteiger partial charge in [0.1, 0.15) is 12.6 Å². The first-order valence-corrected chi connectivity index (χ1v) is 7.21. The molecule has 0 heterocycles. The van der Waals surface area contributed by atoms with Gasteiger partial charge < -0.3 is 25.4 Å². The lowest BCUT2D eigenvalue weighted by atomic mass is 10.2. The number of carboxylic acid groups (broad SMARTS) is 1. The van der Waals surface area contributed by atoms with Crippen molar-refractivity contribution in [3.63, 3.8) is 0 Å². The molecule has 0 amide bonds. The summed E-state index contributed by atoms with van der Waals surface area (Å²) in [6.45, 7) is 5.43. The van der Waals surface area contributed by atoms with Crippen molar-refractivity contribution in [2.45, 2.75) is 18.9 Å². The fraction of sp³-hybridized carbons (Fsp3) is 0.714. The van der Waals surface area contributed by atoms with E-state index in [1.807, 2.05) is 4.90 Å². The zero-order chi connectivity index (χ0) is 16.8. The number of hydrogen-bond donors (Lipinski definition) is 4. The highest BCUT2D eigenvalue weighted by Gasteiger charge is 2.22. The predicted octanol–water partition coefficient (Wildman–Crippen LogP) is -1.17. The first kappa shape index (κ1) is 20.5. The van der Waals surface area contributed by atoms with Crippen LogP contribution >= 0.6 is 0 Å². The average molecular weight is 318 g/mol. The number of rotatable bonds is 14. The van der Waals surface area contributed by atoms with E-state index < -0.39 is 18.0 Å². The van der Waals surface area contributed by atoms with Crippen molar-refractivity contribution < 1.29 is 29.6 Å². The summed E-state index contributed by atoms with van der Waals surface area (Å²) in [4.78, 5) is 24.3. The van der Waals surface area contributed by atoms with E-state index in [4.69, 9.17) is 20.1 Å². The molecule has 0 radical (unpaired) electrons. The number of carbonyl (C=O) groups excluding carboxylic acids is 1. The van der Waals surface area contributed by atoms with E-state index in [1.54, 1.807) is 0 Å². The van der Waals surface area contributed by atoms with Gasteiger partial charge in [-0.15, -0.1) is 0 Å². The van der Waals surface area contributed by atoms with Crippen molar-refractivity contribution in [2.24, 2.45) is 0 Å². The van der Waals surface area contributed by atoms with Crippen LogP contribution in [-0.4, -0.2) is 84.2 Å². The largest absolute Gasteiger partial charge is 0.481 e. The van der Waals surface area contributed by atoms with Crippen LogP contribution in [0.4, 0.5) is 0 Å². The number of nitrogens with zero attached hydrogens (tertiary/aromatic N) is 1. The topological polar surface area (TPSA) is 119 Å². The lowest BCUT2D eigenvalue weighted by Crippen LogP contribution is -2.41. The third kappa shape index (κ3) is 10.3. The minimum Gasteiger partial charge on any atom is -0.481 e. The summed E-state index contributed by atoms with van der Waals surface area (Å²) >= 11 is 0. The van der Waals surface area contributed by atoms with E-state index in [-0.39, 0.29) is 26.2 Å². The minimum atomic E-state index is -1.09. The molecular weight excluding hydrogens is 292 g/mol. The predicted molar refractivity (Wildman–Crippen MR) is 80.4 cm³/mol. The van der Waals surface area contributed by atoms with E-state index in [0.717, 1.165) is 0 Å². The van der Waals surface area contributed by atoms with Crippen LogP contribution in [0.5, 0.6) is 0 Å². The molecule has 0 saturated heterocycles. The summed E-state index contributed by atoms with van der Waals surface area (Å²) in [6, 6.07) is -0.901. The van der Waals surface area contributed by atoms with Gasteiger partial charge in [0.15, 0.2) is 0 Å². The van der Waals surface area contributed by atoms with Crippen molar-refractivity contribution in [2.75, 3.05) is 46.0 Å². The second-order valence-corrected chi connectivity index (χ2v) is 4.67. The van der Waals surface area contributed by atoms with Gasteiger partial charge in [-0.05, 0) is 19.5 Å². The number of ether oxygens (including phenoxy) is 1. The third-order valence-electron chi connectivity index (χ3n) is 2.88. The molecule has 0 saturated carbocycles. The Bertz CT molecular complexity index is 331. The number of hydrogen-bond acceptors (Lipinski definition) is 7. The van der Waals surface area contributed by atoms with Gasteiger partial charge in [0.05, 0.1) is 19.6 Å². The van der Waals surface area contributed by atoms with E-state index in [9.17, 15) is 9.59 Å². The summed E-state index contributed by atoms with van der Waals surface area (Å²) < 4.78 is 4.85. The Morgan fingerprint density at radius 2 is 1.86 bits per heavy atom. The van der Waals surface area contributed by atoms with Crippen LogP contribution in [0.25, 0.3) is 0 Å².